The SMILES string of the molecule is CC(C)c1nc2ccc(NC(=O)N3CCC(NC(=O)NC4CCCCC4)CC3)cc2s1. The van der Waals surface area contributed by atoms with E-state index in [1.807, 2.05) is 23.1 Å². The molecule has 0 atom stereocenters. The number of nitrogens with zero attached hydrogens (tertiary/aromatic N) is 2. The molecule has 2 aromatic rings. The van der Waals surface area contributed by atoms with Crippen molar-refractivity contribution < 1.29 is 9.59 Å². The first-order chi connectivity index (χ1) is 15.0. The molecule has 1 saturated heterocycles. The summed E-state index contributed by atoms with van der Waals surface area (Å²) in [6, 6.07) is 6.16. The summed E-state index contributed by atoms with van der Waals surface area (Å²) in [5.74, 6) is 0.398. The van der Waals surface area contributed by atoms with Crippen LogP contribution in [-0.4, -0.2) is 47.1 Å². The zero-order valence-corrected chi connectivity index (χ0v) is 19.3. The highest BCUT2D eigenvalue weighted by atomic mass is 32.1. The predicted molar refractivity (Wildman–Crippen MR) is 126 cm³/mol. The molecule has 1 aliphatic heterocycles. The molecule has 0 bridgehead atoms. The van der Waals surface area contributed by atoms with Crippen molar-refractivity contribution >= 4 is 39.3 Å². The van der Waals surface area contributed by atoms with Crippen LogP contribution < -0.4 is 16.0 Å². The van der Waals surface area contributed by atoms with E-state index < -0.39 is 0 Å². The largest absolute Gasteiger partial charge is 0.335 e. The number of hydrogen-bond donors (Lipinski definition) is 3. The Morgan fingerprint density at radius 3 is 2.39 bits per heavy atom. The minimum atomic E-state index is -0.0851. The van der Waals surface area contributed by atoms with Crippen molar-refractivity contribution in [1.29, 1.82) is 0 Å². The fraction of sp³-hybridized carbons (Fsp3) is 0.609. The molecule has 2 fully saturated rings. The lowest BCUT2D eigenvalue weighted by molar-refractivity contribution is 0.186. The molecule has 8 heteroatoms. The number of hydrogen-bond acceptors (Lipinski definition) is 4. The van der Waals surface area contributed by atoms with Crippen molar-refractivity contribution in [3.8, 4) is 0 Å². The maximum absolute atomic E-state index is 12.7. The lowest BCUT2D eigenvalue weighted by atomic mass is 9.96. The first-order valence-corrected chi connectivity index (χ1v) is 12.3. The van der Waals surface area contributed by atoms with Crippen LogP contribution in [0.15, 0.2) is 18.2 Å². The summed E-state index contributed by atoms with van der Waals surface area (Å²) in [5.41, 5.74) is 1.77. The predicted octanol–water partition coefficient (Wildman–Crippen LogP) is 5.05. The summed E-state index contributed by atoms with van der Waals surface area (Å²) in [6.07, 6.45) is 7.39. The van der Waals surface area contributed by atoms with Crippen molar-refractivity contribution in [2.24, 2.45) is 0 Å². The van der Waals surface area contributed by atoms with E-state index in [4.69, 9.17) is 0 Å². The molecular weight excluding hydrogens is 410 g/mol. The Bertz CT molecular complexity index is 914. The van der Waals surface area contributed by atoms with E-state index in [0.29, 0.717) is 25.0 Å². The van der Waals surface area contributed by atoms with Crippen LogP contribution >= 0.6 is 11.3 Å². The summed E-state index contributed by atoms with van der Waals surface area (Å²) >= 11 is 1.68. The molecule has 4 amide bonds. The number of benzene rings is 1. The number of aromatic nitrogens is 1. The highest BCUT2D eigenvalue weighted by Gasteiger charge is 2.25. The number of piperidine rings is 1. The zero-order valence-electron chi connectivity index (χ0n) is 18.4. The van der Waals surface area contributed by atoms with E-state index in [-0.39, 0.29) is 18.1 Å². The van der Waals surface area contributed by atoms with E-state index in [2.05, 4.69) is 34.8 Å². The molecule has 168 valence electrons. The molecule has 0 unspecified atom stereocenters. The monoisotopic (exact) mass is 443 g/mol. The molecule has 1 aromatic heterocycles. The van der Waals surface area contributed by atoms with E-state index in [1.165, 1.54) is 19.3 Å². The Kier molecular flexibility index (Phi) is 6.95. The van der Waals surface area contributed by atoms with Crippen LogP contribution in [0.4, 0.5) is 15.3 Å². The molecule has 2 aliphatic rings. The molecule has 0 spiro atoms. The van der Waals surface area contributed by atoms with Gasteiger partial charge in [0.25, 0.3) is 0 Å². The second-order valence-electron chi connectivity index (χ2n) is 9.03. The molecule has 0 radical (unpaired) electrons. The quantitative estimate of drug-likeness (QED) is 0.618. The average molecular weight is 444 g/mol. The van der Waals surface area contributed by atoms with Crippen molar-refractivity contribution in [2.75, 3.05) is 18.4 Å². The van der Waals surface area contributed by atoms with Gasteiger partial charge in [0.1, 0.15) is 0 Å². The molecular formula is C23H33N5O2S. The van der Waals surface area contributed by atoms with E-state index in [0.717, 1.165) is 46.6 Å². The zero-order chi connectivity index (χ0) is 21.8. The second-order valence-corrected chi connectivity index (χ2v) is 10.1. The average Bonchev–Trinajstić information content (AvgIpc) is 3.19. The van der Waals surface area contributed by atoms with Gasteiger partial charge in [-0.2, -0.15) is 0 Å². The lowest BCUT2D eigenvalue weighted by Crippen LogP contribution is -2.51. The van der Waals surface area contributed by atoms with E-state index in [9.17, 15) is 9.59 Å². The minimum Gasteiger partial charge on any atom is -0.335 e. The Morgan fingerprint density at radius 1 is 1.03 bits per heavy atom. The Morgan fingerprint density at radius 2 is 1.71 bits per heavy atom. The maximum Gasteiger partial charge on any atom is 0.321 e. The van der Waals surface area contributed by atoms with E-state index >= 15 is 0 Å². The Hall–Kier alpha value is -2.35. The highest BCUT2D eigenvalue weighted by molar-refractivity contribution is 7.18. The summed E-state index contributed by atoms with van der Waals surface area (Å²) in [7, 11) is 0. The van der Waals surface area contributed by atoms with Crippen LogP contribution in [-0.2, 0) is 0 Å². The van der Waals surface area contributed by atoms with Crippen LogP contribution in [0.1, 0.15) is 69.7 Å². The number of nitrogens with one attached hydrogen (secondary N) is 3. The van der Waals surface area contributed by atoms with Gasteiger partial charge < -0.3 is 20.9 Å². The van der Waals surface area contributed by atoms with Crippen molar-refractivity contribution in [3.05, 3.63) is 23.2 Å². The van der Waals surface area contributed by atoms with Gasteiger partial charge in [-0.1, -0.05) is 33.1 Å². The van der Waals surface area contributed by atoms with Crippen molar-refractivity contribution in [3.63, 3.8) is 0 Å². The van der Waals surface area contributed by atoms with Crippen molar-refractivity contribution in [1.82, 2.24) is 20.5 Å². The number of likely N-dealkylation sites (tertiary alicyclic amines) is 1. The van der Waals surface area contributed by atoms with Crippen LogP contribution in [0.2, 0.25) is 0 Å². The number of carbonyl (C=O) groups excluding carboxylic acids is 2. The van der Waals surface area contributed by atoms with Gasteiger partial charge in [0.15, 0.2) is 0 Å². The summed E-state index contributed by atoms with van der Waals surface area (Å²) in [6.45, 7) is 5.55. The number of fused-ring (bicyclic) bond motifs is 1. The summed E-state index contributed by atoms with van der Waals surface area (Å²) < 4.78 is 1.09. The molecule has 1 aromatic carbocycles. The lowest BCUT2D eigenvalue weighted by Gasteiger charge is -2.33. The number of rotatable bonds is 4. The van der Waals surface area contributed by atoms with Gasteiger partial charge >= 0.3 is 12.1 Å². The fourth-order valence-electron chi connectivity index (χ4n) is 4.36. The third-order valence-electron chi connectivity index (χ3n) is 6.21. The molecule has 3 N–H and O–H groups in total. The molecule has 4 rings (SSSR count). The smallest absolute Gasteiger partial charge is 0.321 e. The molecule has 7 nitrogen and oxygen atoms in total. The third kappa shape index (κ3) is 5.67. The number of anilines is 1. The number of carbonyl (C=O) groups is 2. The van der Waals surface area contributed by atoms with Gasteiger partial charge in [0.2, 0.25) is 0 Å². The number of urea groups is 2. The Balaban J connectivity index is 1.24. The van der Waals surface area contributed by atoms with Crippen LogP contribution in [0.5, 0.6) is 0 Å². The second kappa shape index (κ2) is 9.85. The first kappa shape index (κ1) is 21.9. The molecule has 2 heterocycles. The van der Waals surface area contributed by atoms with Crippen LogP contribution in [0.3, 0.4) is 0 Å². The van der Waals surface area contributed by atoms with Gasteiger partial charge in [-0.25, -0.2) is 14.6 Å². The highest BCUT2D eigenvalue weighted by Crippen LogP contribution is 2.29. The van der Waals surface area contributed by atoms with Gasteiger partial charge in [-0.05, 0) is 43.9 Å². The van der Waals surface area contributed by atoms with Gasteiger partial charge in [-0.3, -0.25) is 0 Å². The normalized spacial score (nSPS) is 18.4. The van der Waals surface area contributed by atoms with Gasteiger partial charge in [0.05, 0.1) is 15.2 Å². The maximum atomic E-state index is 12.7. The molecule has 31 heavy (non-hydrogen) atoms. The topological polar surface area (TPSA) is 86.4 Å². The molecule has 1 saturated carbocycles. The standard InChI is InChI=1S/C23H33N5O2S/c1-15(2)21-27-19-9-8-18(14-20(19)31-21)26-23(30)28-12-10-17(11-13-28)25-22(29)24-16-6-4-3-5-7-16/h8-9,14-17H,3-7,10-13H2,1-2H3,(H,26,30)(H2,24,25,29). The first-order valence-electron chi connectivity index (χ1n) is 11.5. The molecule has 1 aliphatic carbocycles. The van der Waals surface area contributed by atoms with Crippen molar-refractivity contribution in [2.45, 2.75) is 76.8 Å². The fourth-order valence-corrected chi connectivity index (χ4v) is 5.37. The Labute approximate surface area is 188 Å². The van der Waals surface area contributed by atoms with E-state index in [1.54, 1.807) is 11.3 Å². The number of thiazole rings is 1. The van der Waals surface area contributed by atoms with Crippen LogP contribution in [0.25, 0.3) is 10.2 Å². The summed E-state index contributed by atoms with van der Waals surface area (Å²) in [5, 5.41) is 10.3. The number of amides is 4. The van der Waals surface area contributed by atoms with Gasteiger partial charge in [0, 0.05) is 36.8 Å². The summed E-state index contributed by atoms with van der Waals surface area (Å²) in [4.78, 5) is 31.5. The third-order valence-corrected chi connectivity index (χ3v) is 7.53. The van der Waals surface area contributed by atoms with Gasteiger partial charge in [-0.15, -0.1) is 11.3 Å². The van der Waals surface area contributed by atoms with Crippen LogP contribution in [0, 0.1) is 0 Å². The minimum absolute atomic E-state index is 0.0616.